The van der Waals surface area contributed by atoms with Crippen LogP contribution in [0.15, 0.2) is 24.3 Å². The van der Waals surface area contributed by atoms with Gasteiger partial charge in [0, 0.05) is 18.1 Å². The van der Waals surface area contributed by atoms with Gasteiger partial charge in [-0.15, -0.1) is 0 Å². The second-order valence-electron chi connectivity index (χ2n) is 7.35. The fourth-order valence-corrected chi connectivity index (χ4v) is 3.67. The van der Waals surface area contributed by atoms with E-state index in [1.54, 1.807) is 0 Å². The largest absolute Gasteiger partial charge is 0.339 e. The summed E-state index contributed by atoms with van der Waals surface area (Å²) in [4.78, 5) is 15.2. The van der Waals surface area contributed by atoms with E-state index in [4.69, 9.17) is 16.7 Å². The van der Waals surface area contributed by atoms with Gasteiger partial charge in [0.05, 0.1) is 22.6 Å². The van der Waals surface area contributed by atoms with Crippen LogP contribution in [-0.2, 0) is 0 Å². The van der Waals surface area contributed by atoms with E-state index in [1.165, 1.54) is 0 Å². The van der Waals surface area contributed by atoms with Gasteiger partial charge in [-0.05, 0) is 42.9 Å². The fourth-order valence-electron chi connectivity index (χ4n) is 3.49. The van der Waals surface area contributed by atoms with Crippen molar-refractivity contribution in [3.05, 3.63) is 46.2 Å². The smallest absolute Gasteiger partial charge is 0.257 e. The normalized spacial score (nSPS) is 14.8. The van der Waals surface area contributed by atoms with Crippen LogP contribution in [0.1, 0.15) is 74.1 Å². The van der Waals surface area contributed by atoms with Crippen LogP contribution in [-0.4, -0.2) is 33.7 Å². The van der Waals surface area contributed by atoms with Crippen molar-refractivity contribution in [2.45, 2.75) is 52.4 Å². The molecule has 0 saturated carbocycles. The van der Waals surface area contributed by atoms with Crippen LogP contribution in [0.25, 0.3) is 5.69 Å². The van der Waals surface area contributed by atoms with Crippen LogP contribution in [0.2, 0.25) is 5.02 Å². The molecule has 0 unspecified atom stereocenters. The second-order valence-corrected chi connectivity index (χ2v) is 7.78. The number of hydrogen-bond donors (Lipinski definition) is 0. The van der Waals surface area contributed by atoms with Gasteiger partial charge >= 0.3 is 0 Å². The minimum Gasteiger partial charge on any atom is -0.339 e. The van der Waals surface area contributed by atoms with Crippen LogP contribution in [0.5, 0.6) is 0 Å². The molecule has 4 nitrogen and oxygen atoms in total. The Morgan fingerprint density at radius 2 is 1.80 bits per heavy atom. The molecule has 0 spiro atoms. The Morgan fingerprint density at radius 3 is 2.36 bits per heavy atom. The molecule has 1 aliphatic rings. The molecule has 0 atom stereocenters. The molecule has 1 fully saturated rings. The molecule has 0 N–H and O–H groups in total. The SMILES string of the molecule is CC(C)c1nn(-c2cccc(Cl)c2)c(C(C)C)c1C(=O)N1CCCC1. The van der Waals surface area contributed by atoms with Crippen molar-refractivity contribution in [2.24, 2.45) is 0 Å². The van der Waals surface area contributed by atoms with Crippen molar-refractivity contribution >= 4 is 17.5 Å². The van der Waals surface area contributed by atoms with Gasteiger partial charge in [-0.3, -0.25) is 4.79 Å². The van der Waals surface area contributed by atoms with Gasteiger partial charge in [0.15, 0.2) is 0 Å². The highest BCUT2D eigenvalue weighted by Gasteiger charge is 2.31. The standard InChI is InChI=1S/C20H26ClN3O/c1-13(2)18-17(20(25)23-10-5-6-11-23)19(14(3)4)24(22-18)16-9-7-8-15(21)12-16/h7-9,12-14H,5-6,10-11H2,1-4H3. The van der Waals surface area contributed by atoms with Gasteiger partial charge in [-0.25, -0.2) is 4.68 Å². The molecule has 0 aliphatic carbocycles. The molecule has 5 heteroatoms. The molecule has 3 rings (SSSR count). The summed E-state index contributed by atoms with van der Waals surface area (Å²) in [6, 6.07) is 7.65. The summed E-state index contributed by atoms with van der Waals surface area (Å²) in [6.45, 7) is 10.1. The number of nitrogens with zero attached hydrogens (tertiary/aromatic N) is 3. The molecule has 1 aliphatic heterocycles. The van der Waals surface area contributed by atoms with E-state index < -0.39 is 0 Å². The molecule has 2 heterocycles. The van der Waals surface area contributed by atoms with E-state index in [0.29, 0.717) is 5.02 Å². The van der Waals surface area contributed by atoms with Gasteiger partial charge in [-0.1, -0.05) is 45.4 Å². The van der Waals surface area contributed by atoms with E-state index in [2.05, 4.69) is 27.7 Å². The summed E-state index contributed by atoms with van der Waals surface area (Å²) >= 11 is 6.19. The number of rotatable bonds is 4. The quantitative estimate of drug-likeness (QED) is 0.769. The molecule has 25 heavy (non-hydrogen) atoms. The highest BCUT2D eigenvalue weighted by molar-refractivity contribution is 6.30. The van der Waals surface area contributed by atoms with Gasteiger partial charge in [-0.2, -0.15) is 5.10 Å². The highest BCUT2D eigenvalue weighted by Crippen LogP contribution is 2.32. The van der Waals surface area contributed by atoms with E-state index in [-0.39, 0.29) is 17.7 Å². The number of carbonyl (C=O) groups is 1. The predicted molar refractivity (Wildman–Crippen MR) is 102 cm³/mol. The Balaban J connectivity index is 2.20. The van der Waals surface area contributed by atoms with Crippen molar-refractivity contribution in [3.63, 3.8) is 0 Å². The van der Waals surface area contributed by atoms with E-state index >= 15 is 0 Å². The predicted octanol–water partition coefficient (Wildman–Crippen LogP) is 5.01. The first kappa shape index (κ1) is 18.0. The Bertz CT molecular complexity index is 773. The Morgan fingerprint density at radius 1 is 1.12 bits per heavy atom. The zero-order valence-corrected chi connectivity index (χ0v) is 16.2. The topological polar surface area (TPSA) is 38.1 Å². The summed E-state index contributed by atoms with van der Waals surface area (Å²) in [5, 5.41) is 5.51. The van der Waals surface area contributed by atoms with Gasteiger partial charge in [0.1, 0.15) is 0 Å². The lowest BCUT2D eigenvalue weighted by Crippen LogP contribution is -2.29. The van der Waals surface area contributed by atoms with Crippen molar-refractivity contribution in [2.75, 3.05) is 13.1 Å². The second kappa shape index (κ2) is 7.20. The van der Waals surface area contributed by atoms with E-state index in [0.717, 1.165) is 48.6 Å². The lowest BCUT2D eigenvalue weighted by atomic mass is 9.97. The third kappa shape index (κ3) is 3.45. The molecular formula is C20H26ClN3O. The zero-order valence-electron chi connectivity index (χ0n) is 15.4. The van der Waals surface area contributed by atoms with Crippen LogP contribution in [0, 0.1) is 0 Å². The number of halogens is 1. The molecule has 1 saturated heterocycles. The van der Waals surface area contributed by atoms with Crippen LogP contribution < -0.4 is 0 Å². The van der Waals surface area contributed by atoms with Crippen LogP contribution in [0.3, 0.4) is 0 Å². The molecule has 0 radical (unpaired) electrons. The van der Waals surface area contributed by atoms with Gasteiger partial charge in [0.2, 0.25) is 0 Å². The molecule has 1 aromatic carbocycles. The third-order valence-corrected chi connectivity index (χ3v) is 4.94. The Kier molecular flexibility index (Phi) is 5.19. The molecule has 1 amide bonds. The number of benzene rings is 1. The summed E-state index contributed by atoms with van der Waals surface area (Å²) in [7, 11) is 0. The summed E-state index contributed by atoms with van der Waals surface area (Å²) in [5.41, 5.74) is 3.54. The first-order valence-corrected chi connectivity index (χ1v) is 9.46. The number of likely N-dealkylation sites (tertiary alicyclic amines) is 1. The minimum absolute atomic E-state index is 0.123. The summed E-state index contributed by atoms with van der Waals surface area (Å²) < 4.78 is 1.91. The van der Waals surface area contributed by atoms with Crippen LogP contribution in [0.4, 0.5) is 0 Å². The van der Waals surface area contributed by atoms with Crippen molar-refractivity contribution in [1.29, 1.82) is 0 Å². The number of amides is 1. The summed E-state index contributed by atoms with van der Waals surface area (Å²) in [6.07, 6.45) is 2.17. The Labute approximate surface area is 154 Å². The summed E-state index contributed by atoms with van der Waals surface area (Å²) in [5.74, 6) is 0.484. The molecular weight excluding hydrogens is 334 g/mol. The third-order valence-electron chi connectivity index (χ3n) is 4.70. The monoisotopic (exact) mass is 359 g/mol. The fraction of sp³-hybridized carbons (Fsp3) is 0.500. The first-order valence-electron chi connectivity index (χ1n) is 9.08. The molecule has 0 bridgehead atoms. The van der Waals surface area contributed by atoms with Gasteiger partial charge < -0.3 is 4.90 Å². The minimum atomic E-state index is 0.123. The lowest BCUT2D eigenvalue weighted by molar-refractivity contribution is 0.0789. The Hall–Kier alpha value is -1.81. The average Bonchev–Trinajstić information content (AvgIpc) is 3.22. The first-order chi connectivity index (χ1) is 11.9. The number of aromatic nitrogens is 2. The number of carbonyl (C=O) groups excluding carboxylic acids is 1. The van der Waals surface area contributed by atoms with E-state index in [1.807, 2.05) is 33.8 Å². The van der Waals surface area contributed by atoms with Crippen molar-refractivity contribution in [1.82, 2.24) is 14.7 Å². The maximum atomic E-state index is 13.3. The molecule has 1 aromatic heterocycles. The highest BCUT2D eigenvalue weighted by atomic mass is 35.5. The number of hydrogen-bond acceptors (Lipinski definition) is 2. The van der Waals surface area contributed by atoms with Crippen molar-refractivity contribution < 1.29 is 4.79 Å². The van der Waals surface area contributed by atoms with E-state index in [9.17, 15) is 4.79 Å². The zero-order chi connectivity index (χ0) is 18.1. The van der Waals surface area contributed by atoms with Gasteiger partial charge in [0.25, 0.3) is 5.91 Å². The molecule has 2 aromatic rings. The maximum Gasteiger partial charge on any atom is 0.257 e. The maximum absolute atomic E-state index is 13.3. The average molecular weight is 360 g/mol. The lowest BCUT2D eigenvalue weighted by Gasteiger charge is -2.19. The van der Waals surface area contributed by atoms with Crippen LogP contribution >= 0.6 is 11.6 Å². The molecule has 134 valence electrons. The van der Waals surface area contributed by atoms with Crippen molar-refractivity contribution in [3.8, 4) is 5.69 Å².